The summed E-state index contributed by atoms with van der Waals surface area (Å²) in [5.41, 5.74) is 2.57. The molecule has 0 radical (unpaired) electrons. The second-order valence-corrected chi connectivity index (χ2v) is 10.3. The van der Waals surface area contributed by atoms with Crippen molar-refractivity contribution in [1.82, 2.24) is 0 Å². The predicted octanol–water partition coefficient (Wildman–Crippen LogP) is 7.93. The molecule has 2 aromatic rings. The van der Waals surface area contributed by atoms with Crippen LogP contribution in [0.4, 0.5) is 0 Å². The van der Waals surface area contributed by atoms with Crippen LogP contribution in [0.15, 0.2) is 48.5 Å². The van der Waals surface area contributed by atoms with Crippen molar-refractivity contribution in [3.05, 3.63) is 59.7 Å². The van der Waals surface area contributed by atoms with Gasteiger partial charge in [0.1, 0.15) is 11.5 Å². The molecule has 0 N–H and O–H groups in total. The Balaban J connectivity index is 1.32. The van der Waals surface area contributed by atoms with Gasteiger partial charge in [0, 0.05) is 5.41 Å². The molecule has 168 valence electrons. The zero-order chi connectivity index (χ0) is 21.5. The Kier molecular flexibility index (Phi) is 7.58. The van der Waals surface area contributed by atoms with Crippen molar-refractivity contribution in [2.75, 3.05) is 13.2 Å². The summed E-state index contributed by atoms with van der Waals surface area (Å²) in [4.78, 5) is 0. The molecule has 2 aromatic carbocycles. The quantitative estimate of drug-likeness (QED) is 0.431. The lowest BCUT2D eigenvalue weighted by atomic mass is 9.78. The molecular formula is C29H40O2. The lowest BCUT2D eigenvalue weighted by molar-refractivity contribution is 0.208. The molecule has 0 spiro atoms. The molecule has 0 heterocycles. The summed E-state index contributed by atoms with van der Waals surface area (Å²) >= 11 is 0. The number of hydrogen-bond acceptors (Lipinski definition) is 2. The topological polar surface area (TPSA) is 18.5 Å². The van der Waals surface area contributed by atoms with Crippen LogP contribution in [0.25, 0.3) is 0 Å². The molecule has 4 rings (SSSR count). The fraction of sp³-hybridized carbons (Fsp3) is 0.586. The van der Waals surface area contributed by atoms with E-state index in [2.05, 4.69) is 62.4 Å². The van der Waals surface area contributed by atoms with Gasteiger partial charge in [-0.1, -0.05) is 76.6 Å². The highest BCUT2D eigenvalue weighted by atomic mass is 16.5. The van der Waals surface area contributed by atoms with Gasteiger partial charge in [0.15, 0.2) is 0 Å². The first-order chi connectivity index (χ1) is 15.1. The molecule has 0 aliphatic heterocycles. The monoisotopic (exact) mass is 420 g/mol. The SMILES string of the molecule is CC(C)(c1ccc(OCC2CCCCC2)cc1)c1ccc(OCC2CCCCC2)cc1. The van der Waals surface area contributed by atoms with Crippen molar-refractivity contribution in [3.63, 3.8) is 0 Å². The van der Waals surface area contributed by atoms with E-state index in [0.29, 0.717) is 0 Å². The average Bonchev–Trinajstić information content (AvgIpc) is 2.83. The fourth-order valence-corrected chi connectivity index (χ4v) is 5.24. The molecule has 2 fully saturated rings. The van der Waals surface area contributed by atoms with Crippen LogP contribution in [0.1, 0.15) is 89.2 Å². The Labute approximate surface area is 189 Å². The highest BCUT2D eigenvalue weighted by Gasteiger charge is 2.23. The number of benzene rings is 2. The molecule has 2 saturated carbocycles. The van der Waals surface area contributed by atoms with E-state index in [-0.39, 0.29) is 5.41 Å². The van der Waals surface area contributed by atoms with E-state index in [0.717, 1.165) is 36.5 Å². The summed E-state index contributed by atoms with van der Waals surface area (Å²) < 4.78 is 12.2. The van der Waals surface area contributed by atoms with E-state index in [1.54, 1.807) is 0 Å². The number of hydrogen-bond donors (Lipinski definition) is 0. The minimum Gasteiger partial charge on any atom is -0.493 e. The van der Waals surface area contributed by atoms with E-state index in [9.17, 15) is 0 Å². The van der Waals surface area contributed by atoms with Gasteiger partial charge in [-0.3, -0.25) is 0 Å². The molecular weight excluding hydrogens is 380 g/mol. The van der Waals surface area contributed by atoms with Crippen LogP contribution in [0, 0.1) is 11.8 Å². The van der Waals surface area contributed by atoms with Crippen LogP contribution >= 0.6 is 0 Å². The standard InChI is InChI=1S/C29H40O2/c1-29(2,25-13-17-27(18-14-25)30-21-23-9-5-3-6-10-23)26-15-19-28(20-16-26)31-22-24-11-7-4-8-12-24/h13-20,23-24H,3-12,21-22H2,1-2H3. The Morgan fingerprint density at radius 3 is 1.29 bits per heavy atom. The van der Waals surface area contributed by atoms with Crippen LogP contribution in [0.2, 0.25) is 0 Å². The van der Waals surface area contributed by atoms with Gasteiger partial charge >= 0.3 is 0 Å². The molecule has 2 aliphatic rings. The molecule has 2 aliphatic carbocycles. The third-order valence-corrected chi connectivity index (χ3v) is 7.57. The Morgan fingerprint density at radius 1 is 0.581 bits per heavy atom. The highest BCUT2D eigenvalue weighted by Crippen LogP contribution is 2.34. The van der Waals surface area contributed by atoms with E-state index >= 15 is 0 Å². The maximum Gasteiger partial charge on any atom is 0.119 e. The first-order valence-electron chi connectivity index (χ1n) is 12.6. The van der Waals surface area contributed by atoms with Gasteiger partial charge in [-0.05, 0) is 72.9 Å². The molecule has 0 atom stereocenters. The molecule has 31 heavy (non-hydrogen) atoms. The van der Waals surface area contributed by atoms with E-state index in [1.807, 2.05) is 0 Å². The summed E-state index contributed by atoms with van der Waals surface area (Å²) in [7, 11) is 0. The van der Waals surface area contributed by atoms with Gasteiger partial charge in [-0.25, -0.2) is 0 Å². The van der Waals surface area contributed by atoms with Crippen molar-refractivity contribution in [2.24, 2.45) is 11.8 Å². The summed E-state index contributed by atoms with van der Waals surface area (Å²) in [5, 5.41) is 0. The van der Waals surface area contributed by atoms with Crippen molar-refractivity contribution in [1.29, 1.82) is 0 Å². The molecule has 0 saturated heterocycles. The maximum atomic E-state index is 6.09. The summed E-state index contributed by atoms with van der Waals surface area (Å²) in [5.74, 6) is 3.47. The van der Waals surface area contributed by atoms with Crippen LogP contribution in [-0.2, 0) is 5.41 Å². The van der Waals surface area contributed by atoms with Crippen LogP contribution in [0.5, 0.6) is 11.5 Å². The smallest absolute Gasteiger partial charge is 0.119 e. The third-order valence-electron chi connectivity index (χ3n) is 7.57. The van der Waals surface area contributed by atoms with Crippen molar-refractivity contribution in [3.8, 4) is 11.5 Å². The predicted molar refractivity (Wildman–Crippen MR) is 129 cm³/mol. The second kappa shape index (κ2) is 10.6. The minimum absolute atomic E-state index is 0.0518. The Bertz CT molecular complexity index is 711. The van der Waals surface area contributed by atoms with Crippen molar-refractivity contribution >= 4 is 0 Å². The highest BCUT2D eigenvalue weighted by molar-refractivity contribution is 5.41. The largest absolute Gasteiger partial charge is 0.493 e. The van der Waals surface area contributed by atoms with Gasteiger partial charge in [0.05, 0.1) is 13.2 Å². The fourth-order valence-electron chi connectivity index (χ4n) is 5.24. The lowest BCUT2D eigenvalue weighted by Gasteiger charge is -2.27. The van der Waals surface area contributed by atoms with Gasteiger partial charge in [-0.15, -0.1) is 0 Å². The molecule has 0 aromatic heterocycles. The maximum absolute atomic E-state index is 6.09. The first-order valence-corrected chi connectivity index (χ1v) is 12.6. The average molecular weight is 421 g/mol. The van der Waals surface area contributed by atoms with E-state index < -0.39 is 0 Å². The lowest BCUT2D eigenvalue weighted by Crippen LogP contribution is -2.19. The normalized spacial score (nSPS) is 18.6. The van der Waals surface area contributed by atoms with E-state index in [4.69, 9.17) is 9.47 Å². The van der Waals surface area contributed by atoms with Crippen molar-refractivity contribution in [2.45, 2.75) is 83.5 Å². The second-order valence-electron chi connectivity index (χ2n) is 10.3. The summed E-state index contributed by atoms with van der Waals surface area (Å²) in [6.45, 7) is 6.32. The zero-order valence-corrected chi connectivity index (χ0v) is 19.6. The molecule has 2 heteroatoms. The van der Waals surface area contributed by atoms with Crippen LogP contribution < -0.4 is 9.47 Å². The van der Waals surface area contributed by atoms with Crippen molar-refractivity contribution < 1.29 is 9.47 Å². The molecule has 0 bridgehead atoms. The first kappa shape index (κ1) is 22.2. The number of ether oxygens (including phenoxy) is 2. The summed E-state index contributed by atoms with van der Waals surface area (Å²) in [6.07, 6.45) is 13.6. The minimum atomic E-state index is -0.0518. The summed E-state index contributed by atoms with van der Waals surface area (Å²) in [6, 6.07) is 17.5. The van der Waals surface area contributed by atoms with Gasteiger partial charge < -0.3 is 9.47 Å². The zero-order valence-electron chi connectivity index (χ0n) is 19.6. The molecule has 0 amide bonds. The van der Waals surface area contributed by atoms with Crippen LogP contribution in [0.3, 0.4) is 0 Å². The van der Waals surface area contributed by atoms with E-state index in [1.165, 1.54) is 75.3 Å². The third kappa shape index (κ3) is 6.05. The van der Waals surface area contributed by atoms with Gasteiger partial charge in [0.25, 0.3) is 0 Å². The van der Waals surface area contributed by atoms with Crippen LogP contribution in [-0.4, -0.2) is 13.2 Å². The van der Waals surface area contributed by atoms with Gasteiger partial charge in [0.2, 0.25) is 0 Å². The van der Waals surface area contributed by atoms with Gasteiger partial charge in [-0.2, -0.15) is 0 Å². The Hall–Kier alpha value is -1.96. The Morgan fingerprint density at radius 2 is 0.935 bits per heavy atom. The molecule has 0 unspecified atom stereocenters. The molecule has 2 nitrogen and oxygen atoms in total. The number of rotatable bonds is 8.